The predicted molar refractivity (Wildman–Crippen MR) is 283 cm³/mol. The number of fused-ring (bicyclic) bond motifs is 6. The van der Waals surface area contributed by atoms with Gasteiger partial charge in [-0.25, -0.2) is 9.98 Å². The highest BCUT2D eigenvalue weighted by molar-refractivity contribution is 6.22. The summed E-state index contributed by atoms with van der Waals surface area (Å²) in [6.45, 7) is 0. The molecule has 1 unspecified atom stereocenters. The van der Waals surface area contributed by atoms with Crippen LogP contribution in [0.3, 0.4) is 0 Å². The van der Waals surface area contributed by atoms with Crippen LogP contribution in [0.1, 0.15) is 22.9 Å². The highest BCUT2D eigenvalue weighted by atomic mass is 15.2. The lowest BCUT2D eigenvalue weighted by atomic mass is 9.95. The van der Waals surface area contributed by atoms with Crippen LogP contribution in [0.2, 0.25) is 0 Å². The minimum Gasteiger partial charge on any atom is -0.344 e. The normalized spacial score (nSPS) is 13.7. The summed E-state index contributed by atoms with van der Waals surface area (Å²) in [5, 5.41) is 8.73. The van der Waals surface area contributed by atoms with Gasteiger partial charge in [-0.3, -0.25) is 0 Å². The first kappa shape index (κ1) is 39.3. The van der Waals surface area contributed by atoms with E-state index in [0.717, 1.165) is 67.2 Å². The first-order valence-electron chi connectivity index (χ1n) is 23.2. The van der Waals surface area contributed by atoms with E-state index in [1.165, 1.54) is 43.7 Å². The summed E-state index contributed by atoms with van der Waals surface area (Å²) in [6.07, 6.45) is -0.487. The first-order valence-corrected chi connectivity index (χ1v) is 23.2. The Labute approximate surface area is 394 Å². The van der Waals surface area contributed by atoms with Gasteiger partial charge >= 0.3 is 0 Å². The van der Waals surface area contributed by atoms with E-state index in [4.69, 9.17) is 9.98 Å². The van der Waals surface area contributed by atoms with E-state index in [1.807, 2.05) is 6.07 Å². The van der Waals surface area contributed by atoms with Gasteiger partial charge in [0.2, 0.25) is 0 Å². The molecule has 10 aromatic carbocycles. The van der Waals surface area contributed by atoms with Crippen molar-refractivity contribution in [2.45, 2.75) is 6.17 Å². The summed E-state index contributed by atoms with van der Waals surface area (Å²) >= 11 is 0. The van der Waals surface area contributed by atoms with Gasteiger partial charge in [0, 0.05) is 43.9 Å². The molecule has 5 heteroatoms. The van der Waals surface area contributed by atoms with Crippen LogP contribution in [0.25, 0.3) is 88.4 Å². The maximum Gasteiger partial charge on any atom is 0.159 e. The minimum atomic E-state index is -0.487. The van der Waals surface area contributed by atoms with Gasteiger partial charge in [0.25, 0.3) is 0 Å². The lowest BCUT2D eigenvalue weighted by molar-refractivity contribution is 0.671. The number of aromatic nitrogens is 2. The number of nitrogens with one attached hydrogen (secondary N) is 1. The molecule has 0 spiro atoms. The standard InChI is InChI=1S/C63H43N5/c1-5-21-42(22-6-1)45-39-40-53(63-65-61(44-25-9-3-10-26-44)64-62(66-63)50-30-14-13-29-47(50)43-23-7-2-8-24-43)58(41-45)68-55-36-18-16-32-52(55)60-49(34-20-38-57(60)68)48-33-19-37-56-59(48)51-31-15-17-35-54(51)67(56)46-27-11-4-12-28-46/h1-41,63H,(H,64,65,66). The fourth-order valence-corrected chi connectivity index (χ4v) is 10.4. The molecule has 0 fully saturated rings. The van der Waals surface area contributed by atoms with Gasteiger partial charge in [-0.1, -0.05) is 206 Å². The largest absolute Gasteiger partial charge is 0.344 e. The maximum atomic E-state index is 5.49. The van der Waals surface area contributed by atoms with Crippen molar-refractivity contribution in [3.63, 3.8) is 0 Å². The van der Waals surface area contributed by atoms with Crippen LogP contribution in [0, 0.1) is 0 Å². The molecule has 1 N–H and O–H groups in total. The smallest absolute Gasteiger partial charge is 0.159 e. The van der Waals surface area contributed by atoms with Crippen molar-refractivity contribution in [2.75, 3.05) is 0 Å². The molecule has 0 saturated heterocycles. The quantitative estimate of drug-likeness (QED) is 0.162. The molecule has 320 valence electrons. The zero-order chi connectivity index (χ0) is 45.0. The molecular weight excluding hydrogens is 827 g/mol. The van der Waals surface area contributed by atoms with Crippen molar-refractivity contribution in [3.05, 3.63) is 265 Å². The Morgan fingerprint density at radius 1 is 0.353 bits per heavy atom. The third-order valence-corrected chi connectivity index (χ3v) is 13.4. The predicted octanol–water partition coefficient (Wildman–Crippen LogP) is 15.4. The molecule has 0 saturated carbocycles. The van der Waals surface area contributed by atoms with E-state index in [1.54, 1.807) is 0 Å². The molecule has 0 radical (unpaired) electrons. The maximum absolute atomic E-state index is 5.49. The zero-order valence-electron chi connectivity index (χ0n) is 37.0. The lowest BCUT2D eigenvalue weighted by Gasteiger charge is -2.27. The molecule has 0 aliphatic carbocycles. The third-order valence-electron chi connectivity index (χ3n) is 13.4. The molecule has 3 heterocycles. The van der Waals surface area contributed by atoms with Crippen LogP contribution in [0.15, 0.2) is 259 Å². The first-order chi connectivity index (χ1) is 33.8. The summed E-state index contributed by atoms with van der Waals surface area (Å²) in [7, 11) is 0. The fraction of sp³-hybridized carbons (Fsp3) is 0.0159. The van der Waals surface area contributed by atoms with E-state index < -0.39 is 6.17 Å². The van der Waals surface area contributed by atoms with Gasteiger partial charge in [0.05, 0.1) is 27.8 Å². The number of benzene rings is 10. The Bertz CT molecular complexity index is 3920. The van der Waals surface area contributed by atoms with Gasteiger partial charge in [-0.2, -0.15) is 0 Å². The van der Waals surface area contributed by atoms with Crippen molar-refractivity contribution in [1.29, 1.82) is 0 Å². The van der Waals surface area contributed by atoms with Crippen LogP contribution in [-0.4, -0.2) is 20.8 Å². The average molecular weight is 870 g/mol. The average Bonchev–Trinajstić information content (AvgIpc) is 3.95. The molecule has 0 bridgehead atoms. The van der Waals surface area contributed by atoms with E-state index >= 15 is 0 Å². The fourth-order valence-electron chi connectivity index (χ4n) is 10.4. The van der Waals surface area contributed by atoms with E-state index in [9.17, 15) is 0 Å². The number of amidine groups is 2. The summed E-state index contributed by atoms with van der Waals surface area (Å²) in [5.74, 6) is 1.45. The number of rotatable bonds is 8. The minimum absolute atomic E-state index is 0.487. The Morgan fingerprint density at radius 2 is 0.838 bits per heavy atom. The molecule has 1 atom stereocenters. The van der Waals surface area contributed by atoms with Crippen molar-refractivity contribution >= 4 is 55.3 Å². The van der Waals surface area contributed by atoms with E-state index in [-0.39, 0.29) is 0 Å². The Kier molecular flexibility index (Phi) is 9.50. The number of hydrogen-bond donors (Lipinski definition) is 1. The van der Waals surface area contributed by atoms with E-state index in [2.05, 4.69) is 257 Å². The second-order valence-electron chi connectivity index (χ2n) is 17.3. The summed E-state index contributed by atoms with van der Waals surface area (Å²) in [4.78, 5) is 10.8. The lowest BCUT2D eigenvalue weighted by Crippen LogP contribution is -2.34. The van der Waals surface area contributed by atoms with Crippen molar-refractivity contribution in [1.82, 2.24) is 14.5 Å². The summed E-state index contributed by atoms with van der Waals surface area (Å²) < 4.78 is 4.86. The Hall–Kier alpha value is -9.06. The number of para-hydroxylation sites is 3. The van der Waals surface area contributed by atoms with Gasteiger partial charge < -0.3 is 14.5 Å². The third kappa shape index (κ3) is 6.55. The van der Waals surface area contributed by atoms with E-state index in [0.29, 0.717) is 5.84 Å². The van der Waals surface area contributed by atoms with Gasteiger partial charge in [-0.05, 0) is 75.8 Å². The van der Waals surface area contributed by atoms with Crippen LogP contribution in [0.4, 0.5) is 0 Å². The highest BCUT2D eigenvalue weighted by Gasteiger charge is 2.28. The molecule has 12 aromatic rings. The van der Waals surface area contributed by atoms with Crippen LogP contribution >= 0.6 is 0 Å². The number of hydrogen-bond acceptors (Lipinski definition) is 3. The van der Waals surface area contributed by atoms with Crippen molar-refractivity contribution in [3.8, 4) is 44.8 Å². The number of nitrogens with zero attached hydrogens (tertiary/aromatic N) is 4. The molecule has 13 rings (SSSR count). The second-order valence-corrected chi connectivity index (χ2v) is 17.3. The molecule has 2 aromatic heterocycles. The molecule has 0 amide bonds. The summed E-state index contributed by atoms with van der Waals surface area (Å²) in [6, 6.07) is 88.8. The molecule has 1 aliphatic rings. The van der Waals surface area contributed by atoms with Gasteiger partial charge in [0.15, 0.2) is 5.84 Å². The topological polar surface area (TPSA) is 46.6 Å². The Balaban J connectivity index is 1.06. The molecule has 5 nitrogen and oxygen atoms in total. The van der Waals surface area contributed by atoms with Gasteiger partial charge in [0.1, 0.15) is 12.0 Å². The second kappa shape index (κ2) is 16.4. The van der Waals surface area contributed by atoms with Crippen LogP contribution < -0.4 is 5.32 Å². The van der Waals surface area contributed by atoms with Crippen LogP contribution in [-0.2, 0) is 0 Å². The SMILES string of the molecule is c1ccc(C2=NC(c3ccc(-c4ccccc4)cc3-n3c4ccccc4c4c(-c5cccc6c5c5ccccc5n6-c5ccccc5)cccc43)NC(c3ccccc3-c3ccccc3)=N2)cc1. The van der Waals surface area contributed by atoms with Crippen LogP contribution in [0.5, 0.6) is 0 Å². The summed E-state index contributed by atoms with van der Waals surface area (Å²) in [5.41, 5.74) is 16.7. The van der Waals surface area contributed by atoms with Gasteiger partial charge in [-0.15, -0.1) is 0 Å². The Morgan fingerprint density at radius 3 is 1.49 bits per heavy atom. The molecule has 1 aliphatic heterocycles. The number of aliphatic imine (C=N–C) groups is 2. The van der Waals surface area contributed by atoms with Crippen molar-refractivity contribution < 1.29 is 0 Å². The molecule has 68 heavy (non-hydrogen) atoms. The monoisotopic (exact) mass is 869 g/mol. The van der Waals surface area contributed by atoms with Crippen molar-refractivity contribution in [2.24, 2.45) is 9.98 Å². The zero-order valence-corrected chi connectivity index (χ0v) is 37.0. The highest BCUT2D eigenvalue weighted by Crippen LogP contribution is 2.45. The molecular formula is C63H43N5.